The van der Waals surface area contributed by atoms with Gasteiger partial charge in [-0.15, -0.1) is 0 Å². The van der Waals surface area contributed by atoms with Crippen LogP contribution >= 0.6 is 0 Å². The number of nitrogens with zero attached hydrogens (tertiary/aromatic N) is 1. The number of aliphatic hydroxyl groups is 2. The number of para-hydroxylation sites is 1. The summed E-state index contributed by atoms with van der Waals surface area (Å²) in [6.45, 7) is 2.20. The standard InChI is InChI=1S/C18H25NO5/c1-13(7-14-5-3-4-6-17(14)23-2)8-18(22)19-9-15(11-20)24-16(10-19)12-21/h3-6,8,15-16,20-21H,7,9-12H2,1-2H3/b13-8+/t15-,16-/m1/s1. The number of methoxy groups -OCH3 is 1. The Balaban J connectivity index is 2.04. The molecule has 0 bridgehead atoms. The summed E-state index contributed by atoms with van der Waals surface area (Å²) in [4.78, 5) is 14.1. The van der Waals surface area contributed by atoms with Crippen LogP contribution in [0.5, 0.6) is 5.75 Å². The van der Waals surface area contributed by atoms with Crippen molar-refractivity contribution in [2.75, 3.05) is 33.4 Å². The smallest absolute Gasteiger partial charge is 0.246 e. The van der Waals surface area contributed by atoms with Crippen molar-refractivity contribution in [3.05, 3.63) is 41.5 Å². The van der Waals surface area contributed by atoms with Crippen LogP contribution in [0.25, 0.3) is 0 Å². The van der Waals surface area contributed by atoms with Crippen molar-refractivity contribution in [3.8, 4) is 5.75 Å². The lowest BCUT2D eigenvalue weighted by atomic mass is 10.0. The molecule has 1 amide bonds. The van der Waals surface area contributed by atoms with E-state index in [2.05, 4.69) is 0 Å². The maximum Gasteiger partial charge on any atom is 0.246 e. The molecule has 132 valence electrons. The van der Waals surface area contributed by atoms with Gasteiger partial charge in [0.1, 0.15) is 5.75 Å². The average Bonchev–Trinajstić information content (AvgIpc) is 2.61. The minimum Gasteiger partial charge on any atom is -0.496 e. The van der Waals surface area contributed by atoms with E-state index in [-0.39, 0.29) is 19.1 Å². The third-order valence-electron chi connectivity index (χ3n) is 3.98. The summed E-state index contributed by atoms with van der Waals surface area (Å²) < 4.78 is 10.8. The van der Waals surface area contributed by atoms with Crippen molar-refractivity contribution in [3.63, 3.8) is 0 Å². The zero-order valence-electron chi connectivity index (χ0n) is 14.1. The molecule has 0 unspecified atom stereocenters. The normalized spacial score (nSPS) is 21.7. The van der Waals surface area contributed by atoms with E-state index < -0.39 is 12.2 Å². The Morgan fingerprint density at radius 2 is 1.92 bits per heavy atom. The molecular weight excluding hydrogens is 310 g/mol. The quantitative estimate of drug-likeness (QED) is 0.751. The Hall–Kier alpha value is -1.89. The number of hydrogen-bond donors (Lipinski definition) is 2. The van der Waals surface area contributed by atoms with Gasteiger partial charge in [0.2, 0.25) is 5.91 Å². The molecule has 1 heterocycles. The van der Waals surface area contributed by atoms with Gasteiger partial charge in [-0.3, -0.25) is 4.79 Å². The van der Waals surface area contributed by atoms with Crippen molar-refractivity contribution in [2.45, 2.75) is 25.6 Å². The molecule has 2 N–H and O–H groups in total. The van der Waals surface area contributed by atoms with Crippen molar-refractivity contribution < 1.29 is 24.5 Å². The van der Waals surface area contributed by atoms with E-state index in [9.17, 15) is 15.0 Å². The number of benzene rings is 1. The molecule has 6 heteroatoms. The van der Waals surface area contributed by atoms with Crippen molar-refractivity contribution >= 4 is 5.91 Å². The van der Waals surface area contributed by atoms with Crippen LogP contribution < -0.4 is 4.74 Å². The zero-order chi connectivity index (χ0) is 17.5. The predicted molar refractivity (Wildman–Crippen MR) is 89.9 cm³/mol. The van der Waals surface area contributed by atoms with Crippen LogP contribution in [-0.2, 0) is 16.0 Å². The maximum atomic E-state index is 12.5. The number of ether oxygens (including phenoxy) is 2. The van der Waals surface area contributed by atoms with E-state index in [0.717, 1.165) is 16.9 Å². The number of morpholine rings is 1. The molecule has 1 fully saturated rings. The second kappa shape index (κ2) is 8.82. The molecule has 0 spiro atoms. The van der Waals surface area contributed by atoms with E-state index in [1.807, 2.05) is 31.2 Å². The second-order valence-electron chi connectivity index (χ2n) is 5.97. The fraction of sp³-hybridized carbons (Fsp3) is 0.500. The van der Waals surface area contributed by atoms with Gasteiger partial charge in [-0.05, 0) is 25.0 Å². The monoisotopic (exact) mass is 335 g/mol. The molecule has 0 radical (unpaired) electrons. The van der Waals surface area contributed by atoms with Crippen LogP contribution in [0.1, 0.15) is 12.5 Å². The molecule has 0 saturated carbocycles. The Labute approximate surface area is 142 Å². The summed E-state index contributed by atoms with van der Waals surface area (Å²) in [5, 5.41) is 18.5. The Bertz CT molecular complexity index is 575. The van der Waals surface area contributed by atoms with Gasteiger partial charge in [0, 0.05) is 19.2 Å². The van der Waals surface area contributed by atoms with Crippen LogP contribution in [-0.4, -0.2) is 66.6 Å². The highest BCUT2D eigenvalue weighted by Crippen LogP contribution is 2.21. The Morgan fingerprint density at radius 1 is 1.29 bits per heavy atom. The molecule has 1 aliphatic rings. The van der Waals surface area contributed by atoms with Gasteiger partial charge in [-0.1, -0.05) is 23.8 Å². The maximum absolute atomic E-state index is 12.5. The molecule has 0 aliphatic carbocycles. The number of amides is 1. The van der Waals surface area contributed by atoms with Crippen LogP contribution in [0, 0.1) is 0 Å². The van der Waals surface area contributed by atoms with Crippen LogP contribution in [0.4, 0.5) is 0 Å². The number of carbonyl (C=O) groups excluding carboxylic acids is 1. The molecule has 2 rings (SSSR count). The van der Waals surface area contributed by atoms with Crippen LogP contribution in [0.3, 0.4) is 0 Å². The summed E-state index contributed by atoms with van der Waals surface area (Å²) in [6, 6.07) is 7.71. The highest BCUT2D eigenvalue weighted by molar-refractivity contribution is 5.88. The molecular formula is C18H25NO5. The summed E-state index contributed by atoms with van der Waals surface area (Å²) in [6.07, 6.45) is 1.30. The third-order valence-corrected chi connectivity index (χ3v) is 3.98. The molecule has 1 aromatic rings. The lowest BCUT2D eigenvalue weighted by molar-refractivity contribution is -0.148. The summed E-state index contributed by atoms with van der Waals surface area (Å²) in [5.74, 6) is 0.660. The van der Waals surface area contributed by atoms with Gasteiger partial charge < -0.3 is 24.6 Å². The van der Waals surface area contributed by atoms with Gasteiger partial charge in [0.15, 0.2) is 0 Å². The molecule has 1 aromatic carbocycles. The fourth-order valence-electron chi connectivity index (χ4n) is 2.81. The van der Waals surface area contributed by atoms with Crippen molar-refractivity contribution in [1.82, 2.24) is 4.90 Å². The Kier molecular flexibility index (Phi) is 6.78. The first kappa shape index (κ1) is 18.4. The van der Waals surface area contributed by atoms with Crippen LogP contribution in [0.15, 0.2) is 35.9 Å². The Morgan fingerprint density at radius 3 is 2.50 bits per heavy atom. The topological polar surface area (TPSA) is 79.2 Å². The second-order valence-corrected chi connectivity index (χ2v) is 5.97. The fourth-order valence-corrected chi connectivity index (χ4v) is 2.81. The molecule has 2 atom stereocenters. The minimum absolute atomic E-state index is 0.136. The molecule has 0 aromatic heterocycles. The number of allylic oxidation sites excluding steroid dienone is 1. The molecule has 24 heavy (non-hydrogen) atoms. The highest BCUT2D eigenvalue weighted by atomic mass is 16.5. The largest absolute Gasteiger partial charge is 0.496 e. The first-order valence-electron chi connectivity index (χ1n) is 8.02. The lowest BCUT2D eigenvalue weighted by Crippen LogP contribution is -2.52. The number of carbonyl (C=O) groups is 1. The van der Waals surface area contributed by atoms with Gasteiger partial charge in [0.25, 0.3) is 0 Å². The van der Waals surface area contributed by atoms with Gasteiger partial charge in [-0.25, -0.2) is 0 Å². The summed E-state index contributed by atoms with van der Waals surface area (Å²) in [5.41, 5.74) is 1.93. The number of rotatable bonds is 6. The molecule has 6 nitrogen and oxygen atoms in total. The van der Waals surface area contributed by atoms with Gasteiger partial charge in [-0.2, -0.15) is 0 Å². The summed E-state index contributed by atoms with van der Waals surface area (Å²) in [7, 11) is 1.63. The van der Waals surface area contributed by atoms with E-state index in [0.29, 0.717) is 19.5 Å². The SMILES string of the molecule is COc1ccccc1C/C(C)=C/C(=O)N1C[C@H](CO)O[C@@H](CO)C1. The first-order chi connectivity index (χ1) is 11.6. The highest BCUT2D eigenvalue weighted by Gasteiger charge is 2.29. The van der Waals surface area contributed by atoms with Crippen molar-refractivity contribution in [1.29, 1.82) is 0 Å². The van der Waals surface area contributed by atoms with Gasteiger partial charge >= 0.3 is 0 Å². The third kappa shape index (κ3) is 4.80. The van der Waals surface area contributed by atoms with Gasteiger partial charge in [0.05, 0.1) is 32.5 Å². The molecule has 1 aliphatic heterocycles. The lowest BCUT2D eigenvalue weighted by Gasteiger charge is -2.36. The first-order valence-corrected chi connectivity index (χ1v) is 8.02. The number of aliphatic hydroxyl groups excluding tert-OH is 2. The minimum atomic E-state index is -0.456. The van der Waals surface area contributed by atoms with E-state index >= 15 is 0 Å². The predicted octanol–water partition coefficient (Wildman–Crippen LogP) is 0.765. The zero-order valence-corrected chi connectivity index (χ0v) is 14.1. The van der Waals surface area contributed by atoms with Crippen LogP contribution in [0.2, 0.25) is 0 Å². The van der Waals surface area contributed by atoms with E-state index in [4.69, 9.17) is 9.47 Å². The van der Waals surface area contributed by atoms with Crippen molar-refractivity contribution in [2.24, 2.45) is 0 Å². The van der Waals surface area contributed by atoms with E-state index in [1.165, 1.54) is 0 Å². The molecule has 1 saturated heterocycles. The van der Waals surface area contributed by atoms with E-state index in [1.54, 1.807) is 18.1 Å². The average molecular weight is 335 g/mol. The number of hydrogen-bond acceptors (Lipinski definition) is 5. The summed E-state index contributed by atoms with van der Waals surface area (Å²) >= 11 is 0.